The number of aliphatic hydroxyl groups excluding tert-OH is 1. The lowest BCUT2D eigenvalue weighted by atomic mass is 10.0. The van der Waals surface area contributed by atoms with E-state index in [-0.39, 0.29) is 46.3 Å². The van der Waals surface area contributed by atoms with Crippen molar-refractivity contribution >= 4 is 75.1 Å². The quantitative estimate of drug-likeness (QED) is 0.0746. The first-order chi connectivity index (χ1) is 18.9. The van der Waals surface area contributed by atoms with Gasteiger partial charge in [-0.3, -0.25) is 14.5 Å². The van der Waals surface area contributed by atoms with Crippen molar-refractivity contribution in [1.29, 1.82) is 0 Å². The summed E-state index contributed by atoms with van der Waals surface area (Å²) in [6.45, 7) is 1.29. The van der Waals surface area contributed by atoms with Gasteiger partial charge >= 0.3 is 11.9 Å². The van der Waals surface area contributed by atoms with E-state index in [0.717, 1.165) is 16.2 Å². The van der Waals surface area contributed by atoms with Crippen LogP contribution in [0.5, 0.6) is 0 Å². The molecule has 214 valence electrons. The fraction of sp³-hybridized carbons (Fsp3) is 0.381. The number of β-lactam (4-membered cyclic amide) rings is 1. The van der Waals surface area contributed by atoms with Crippen LogP contribution in [0.25, 0.3) is 0 Å². The van der Waals surface area contributed by atoms with Crippen LogP contribution in [0.2, 0.25) is 4.34 Å². The van der Waals surface area contributed by atoms with E-state index in [2.05, 4.69) is 15.5 Å². The fourth-order valence-electron chi connectivity index (χ4n) is 4.01. The van der Waals surface area contributed by atoms with E-state index in [1.165, 1.54) is 18.7 Å². The Hall–Kier alpha value is -3.87. The predicted octanol–water partition coefficient (Wildman–Crippen LogP) is -1.33. The molecule has 4 heterocycles. The summed E-state index contributed by atoms with van der Waals surface area (Å²) < 4.78 is 3.20. The van der Waals surface area contributed by atoms with Gasteiger partial charge in [-0.15, -0.1) is 21.1 Å². The Kier molecular flexibility index (Phi) is 8.52. The minimum absolute atomic E-state index is 0.00837. The number of aromatic nitrogens is 3. The number of nitrogens with two attached hydrogens (primary N) is 2. The molecule has 0 aromatic carbocycles. The van der Waals surface area contributed by atoms with Crippen molar-refractivity contribution < 1.29 is 44.0 Å². The molecule has 3 atom stereocenters. The number of amides is 2. The highest BCUT2D eigenvalue weighted by atomic mass is 35.5. The number of aliphatic hydroxyl groups is 1. The number of rotatable bonds is 11. The molecule has 16 nitrogen and oxygen atoms in total. The molecular formula is C21H24ClN8O8S2+. The Balaban J connectivity index is 1.57. The van der Waals surface area contributed by atoms with Crippen molar-refractivity contribution in [2.45, 2.75) is 37.5 Å². The van der Waals surface area contributed by atoms with Gasteiger partial charge in [-0.2, -0.15) is 0 Å². The van der Waals surface area contributed by atoms with Crippen LogP contribution in [-0.4, -0.2) is 89.2 Å². The summed E-state index contributed by atoms with van der Waals surface area (Å²) in [4.78, 5) is 59.6. The summed E-state index contributed by atoms with van der Waals surface area (Å²) in [5.41, 5.74) is 11.1. The molecule has 1 saturated heterocycles. The highest BCUT2D eigenvalue weighted by molar-refractivity contribution is 8.00. The number of nitrogens with one attached hydrogen (secondary N) is 1. The number of hydrogen-bond donors (Lipinski definition) is 6. The molecule has 2 aromatic rings. The highest BCUT2D eigenvalue weighted by Gasteiger charge is 2.55. The number of thiazole rings is 1. The lowest BCUT2D eigenvalue weighted by molar-refractivity contribution is -0.767. The number of hydrogen-bond acceptors (Lipinski definition) is 12. The van der Waals surface area contributed by atoms with Crippen LogP contribution in [-0.2, 0) is 37.1 Å². The van der Waals surface area contributed by atoms with Crippen LogP contribution >= 0.6 is 34.7 Å². The first-order valence-electron chi connectivity index (χ1n) is 11.5. The molecule has 2 aromatic heterocycles. The summed E-state index contributed by atoms with van der Waals surface area (Å²) in [7, 11) is 0. The number of carboxylic acid groups (broad SMARTS) is 2. The number of nitrogens with zero attached hydrogens (tertiary/aromatic N) is 5. The molecule has 0 radical (unpaired) electrons. The maximum absolute atomic E-state index is 13.2. The SMILES string of the molecule is C[C@H](O/N=C(\C(=O)NC1C(=O)N2C(C(=O)O)=C(C[n+]3ccc(N)n3CCO)CSC12)c1nc(N)sc1Cl)C(=O)O. The molecule has 19 heteroatoms. The van der Waals surface area contributed by atoms with Crippen LogP contribution in [0, 0.1) is 0 Å². The third kappa shape index (κ3) is 5.55. The first kappa shape index (κ1) is 29.1. The monoisotopic (exact) mass is 615 g/mol. The summed E-state index contributed by atoms with van der Waals surface area (Å²) in [5, 5.41) is 33.7. The Morgan fingerprint density at radius 2 is 2.10 bits per heavy atom. The summed E-state index contributed by atoms with van der Waals surface area (Å²) >= 11 is 8.20. The number of thioether (sulfide) groups is 1. The first-order valence-corrected chi connectivity index (χ1v) is 13.7. The van der Waals surface area contributed by atoms with Crippen LogP contribution in [0.15, 0.2) is 28.7 Å². The second-order valence-corrected chi connectivity index (χ2v) is 11.2. The Morgan fingerprint density at radius 3 is 2.70 bits per heavy atom. The average Bonchev–Trinajstić information content (AvgIpc) is 3.42. The zero-order chi connectivity index (χ0) is 29.3. The number of fused-ring (bicyclic) bond motifs is 1. The lowest BCUT2D eigenvalue weighted by Crippen LogP contribution is -2.71. The van der Waals surface area contributed by atoms with Crippen molar-refractivity contribution in [2.75, 3.05) is 23.8 Å². The van der Waals surface area contributed by atoms with Crippen molar-refractivity contribution in [3.63, 3.8) is 0 Å². The second kappa shape index (κ2) is 11.7. The molecular weight excluding hydrogens is 592 g/mol. The fourth-order valence-corrected chi connectivity index (χ4v) is 6.27. The molecule has 0 aliphatic carbocycles. The smallest absolute Gasteiger partial charge is 0.352 e. The zero-order valence-electron chi connectivity index (χ0n) is 20.7. The lowest BCUT2D eigenvalue weighted by Gasteiger charge is -2.49. The van der Waals surface area contributed by atoms with Crippen molar-refractivity contribution in [2.24, 2.45) is 5.16 Å². The summed E-state index contributed by atoms with van der Waals surface area (Å²) in [5.74, 6) is -3.72. The van der Waals surface area contributed by atoms with Gasteiger partial charge < -0.3 is 36.9 Å². The molecule has 0 spiro atoms. The normalized spacial score (nSPS) is 19.6. The van der Waals surface area contributed by atoms with Crippen molar-refractivity contribution in [1.82, 2.24) is 19.9 Å². The largest absolute Gasteiger partial charge is 0.478 e. The van der Waals surface area contributed by atoms with Gasteiger partial charge in [-0.1, -0.05) is 28.1 Å². The molecule has 40 heavy (non-hydrogen) atoms. The van der Waals surface area contributed by atoms with Crippen LogP contribution in [0.4, 0.5) is 10.9 Å². The molecule has 2 amide bonds. The summed E-state index contributed by atoms with van der Waals surface area (Å²) in [6.07, 6.45) is 0.223. The van der Waals surface area contributed by atoms with Crippen molar-refractivity contribution in [3.05, 3.63) is 33.6 Å². The molecule has 2 aliphatic heterocycles. The standard InChI is InChI=1S/C21H23ClN8O8S2/c1-8(19(34)35)38-27-12(11-15(22)40-21(24)26-11)16(32)25-13-17(33)30-14(20(36)37)9(7-39-18(13)30)6-28-3-2-10(23)29(28)4-5-31/h2-3,8,13,18,23,31H,4-7H2,1H3,(H5,24,25,26,32,34,35,36,37)/p+1/b27-12-/t8-,13?,18?/m0/s1. The van der Waals surface area contributed by atoms with Gasteiger partial charge in [-0.25, -0.2) is 14.6 Å². The van der Waals surface area contributed by atoms with Gasteiger partial charge in [0.2, 0.25) is 6.10 Å². The van der Waals surface area contributed by atoms with Crippen LogP contribution in [0.1, 0.15) is 12.6 Å². The van der Waals surface area contributed by atoms with Crippen LogP contribution in [0.3, 0.4) is 0 Å². The highest BCUT2D eigenvalue weighted by Crippen LogP contribution is 2.40. The van der Waals surface area contributed by atoms with E-state index in [1.807, 2.05) is 0 Å². The van der Waals surface area contributed by atoms with Gasteiger partial charge in [0, 0.05) is 11.3 Å². The Bertz CT molecular complexity index is 1440. The zero-order valence-corrected chi connectivity index (χ0v) is 23.1. The Morgan fingerprint density at radius 1 is 1.38 bits per heavy atom. The number of anilines is 2. The molecule has 4 rings (SSSR count). The molecule has 1 fully saturated rings. The van der Waals surface area contributed by atoms with Crippen LogP contribution < -0.4 is 21.5 Å². The number of carboxylic acids is 2. The van der Waals surface area contributed by atoms with E-state index < -0.39 is 47.0 Å². The van der Waals surface area contributed by atoms with E-state index in [1.54, 1.807) is 21.6 Å². The molecule has 8 N–H and O–H groups in total. The number of carbonyl (C=O) groups excluding carboxylic acids is 2. The van der Waals surface area contributed by atoms with Gasteiger partial charge in [0.1, 0.15) is 33.7 Å². The van der Waals surface area contributed by atoms with E-state index in [0.29, 0.717) is 11.4 Å². The predicted molar refractivity (Wildman–Crippen MR) is 142 cm³/mol. The van der Waals surface area contributed by atoms with Gasteiger partial charge in [0.05, 0.1) is 12.7 Å². The second-order valence-electron chi connectivity index (χ2n) is 8.50. The third-order valence-corrected chi connectivity index (χ3v) is 8.34. The van der Waals surface area contributed by atoms with E-state index in [4.69, 9.17) is 33.0 Å². The van der Waals surface area contributed by atoms with Gasteiger partial charge in [0.25, 0.3) is 11.8 Å². The number of aliphatic carboxylic acids is 2. The van der Waals surface area contributed by atoms with Gasteiger partial charge in [0.15, 0.2) is 29.4 Å². The molecule has 0 bridgehead atoms. The van der Waals surface area contributed by atoms with Gasteiger partial charge in [-0.05, 0) is 6.92 Å². The average molecular weight is 616 g/mol. The number of oxime groups is 1. The maximum atomic E-state index is 13.2. The summed E-state index contributed by atoms with van der Waals surface area (Å²) in [6, 6.07) is 0.477. The Labute approximate surface area is 238 Å². The number of halogens is 1. The topological polar surface area (TPSA) is 240 Å². The van der Waals surface area contributed by atoms with E-state index >= 15 is 0 Å². The van der Waals surface area contributed by atoms with E-state index in [9.17, 15) is 29.4 Å². The molecule has 2 aliphatic rings. The van der Waals surface area contributed by atoms with Crippen molar-refractivity contribution in [3.8, 4) is 0 Å². The number of nitrogen functional groups attached to an aromatic ring is 2. The third-order valence-electron chi connectivity index (χ3n) is 5.92. The maximum Gasteiger partial charge on any atom is 0.352 e. The molecule has 2 unspecified atom stereocenters. The minimum atomic E-state index is -1.42. The number of carbonyl (C=O) groups is 4. The minimum Gasteiger partial charge on any atom is -0.478 e. The molecule has 0 saturated carbocycles.